The fraction of sp³-hybridized carbons (Fsp3) is 0.0714. The van der Waals surface area contributed by atoms with E-state index in [9.17, 15) is 4.79 Å². The summed E-state index contributed by atoms with van der Waals surface area (Å²) >= 11 is 8.06. The molecular weight excluding hydrogens is 361 g/mol. The quantitative estimate of drug-likeness (QED) is 0.504. The summed E-state index contributed by atoms with van der Waals surface area (Å²) in [6.07, 6.45) is 0.373. The molecule has 2 N–H and O–H groups in total. The summed E-state index contributed by atoms with van der Waals surface area (Å²) in [5.41, 5.74) is 7.71. The summed E-state index contributed by atoms with van der Waals surface area (Å²) < 4.78 is 1.15. The Morgan fingerprint density at radius 1 is 1.17 bits per heavy atom. The molecule has 0 bridgehead atoms. The predicted molar refractivity (Wildman–Crippen MR) is 83.1 cm³/mol. The van der Waals surface area contributed by atoms with E-state index in [4.69, 9.17) is 17.3 Å². The van der Waals surface area contributed by atoms with Crippen molar-refractivity contribution in [1.29, 1.82) is 0 Å². The highest BCUT2D eigenvalue weighted by Gasteiger charge is 2.08. The Hall–Kier alpha value is -1.07. The first-order valence-corrected chi connectivity index (χ1v) is 6.84. The molecule has 0 saturated heterocycles. The highest BCUT2D eigenvalue weighted by atomic mass is 127. The molecule has 2 rings (SSSR count). The van der Waals surface area contributed by atoms with Crippen LogP contribution in [0.1, 0.15) is 15.9 Å². The molecule has 0 aromatic heterocycles. The lowest BCUT2D eigenvalue weighted by atomic mass is 10.0. The Labute approximate surface area is 124 Å². The highest BCUT2D eigenvalue weighted by Crippen LogP contribution is 2.20. The second-order valence-corrected chi connectivity index (χ2v) is 5.62. The number of halogens is 2. The Bertz CT molecular complexity index is 581. The first-order chi connectivity index (χ1) is 8.56. The second kappa shape index (κ2) is 5.71. The van der Waals surface area contributed by atoms with Gasteiger partial charge in [0.05, 0.1) is 10.7 Å². The van der Waals surface area contributed by atoms with E-state index in [0.29, 0.717) is 22.7 Å². The van der Waals surface area contributed by atoms with Crippen molar-refractivity contribution >= 4 is 45.7 Å². The fourth-order valence-electron chi connectivity index (χ4n) is 1.61. The summed E-state index contributed by atoms with van der Waals surface area (Å²) in [5, 5.41) is 0.473. The van der Waals surface area contributed by atoms with E-state index in [-0.39, 0.29) is 5.78 Å². The van der Waals surface area contributed by atoms with Gasteiger partial charge in [0.15, 0.2) is 5.78 Å². The van der Waals surface area contributed by atoms with Gasteiger partial charge in [0.25, 0.3) is 0 Å². The predicted octanol–water partition coefficient (Wildman–Crippen LogP) is 3.95. The van der Waals surface area contributed by atoms with Gasteiger partial charge in [-0.1, -0.05) is 23.7 Å². The maximum absolute atomic E-state index is 12.1. The topological polar surface area (TPSA) is 43.1 Å². The van der Waals surface area contributed by atoms with Gasteiger partial charge < -0.3 is 5.73 Å². The van der Waals surface area contributed by atoms with Crippen molar-refractivity contribution in [3.05, 3.63) is 62.2 Å². The molecule has 0 spiro atoms. The number of carbonyl (C=O) groups excluding carboxylic acids is 1. The van der Waals surface area contributed by atoms with Gasteiger partial charge in [-0.3, -0.25) is 4.79 Å². The van der Waals surface area contributed by atoms with Gasteiger partial charge >= 0.3 is 0 Å². The minimum absolute atomic E-state index is 0.0413. The van der Waals surface area contributed by atoms with Crippen molar-refractivity contribution < 1.29 is 4.79 Å². The van der Waals surface area contributed by atoms with Crippen molar-refractivity contribution in [3.8, 4) is 0 Å². The minimum Gasteiger partial charge on any atom is -0.398 e. The van der Waals surface area contributed by atoms with Crippen LogP contribution >= 0.6 is 34.2 Å². The third-order valence-corrected chi connectivity index (χ3v) is 3.66. The molecule has 0 aliphatic rings. The standard InChI is InChI=1S/C14H11ClINO/c15-12-6-3-10(8-13(12)17)14(18)7-9-1-4-11(16)5-2-9/h1-6,8H,7,17H2. The Morgan fingerprint density at radius 3 is 2.44 bits per heavy atom. The molecule has 2 nitrogen and oxygen atoms in total. The second-order valence-electron chi connectivity index (χ2n) is 3.96. The van der Waals surface area contributed by atoms with Crippen LogP contribution in [-0.2, 0) is 6.42 Å². The molecule has 0 radical (unpaired) electrons. The third kappa shape index (κ3) is 3.23. The van der Waals surface area contributed by atoms with Gasteiger partial charge in [-0.15, -0.1) is 0 Å². The van der Waals surface area contributed by atoms with Crippen molar-refractivity contribution in [1.82, 2.24) is 0 Å². The van der Waals surface area contributed by atoms with Crippen LogP contribution in [0, 0.1) is 3.57 Å². The third-order valence-electron chi connectivity index (χ3n) is 2.60. The minimum atomic E-state index is 0.0413. The number of hydrogen-bond donors (Lipinski definition) is 1. The zero-order chi connectivity index (χ0) is 13.1. The maximum atomic E-state index is 12.1. The van der Waals surface area contributed by atoms with Crippen molar-refractivity contribution in [2.45, 2.75) is 6.42 Å². The number of benzene rings is 2. The van der Waals surface area contributed by atoms with Gasteiger partial charge in [0, 0.05) is 15.6 Å². The van der Waals surface area contributed by atoms with Gasteiger partial charge in [-0.2, -0.15) is 0 Å². The van der Waals surface area contributed by atoms with Gasteiger partial charge in [0.1, 0.15) is 0 Å². The molecular formula is C14H11ClINO. The summed E-state index contributed by atoms with van der Waals surface area (Å²) in [6.45, 7) is 0. The van der Waals surface area contributed by atoms with Crippen LogP contribution in [0.5, 0.6) is 0 Å². The molecule has 0 aliphatic heterocycles. The van der Waals surface area contributed by atoms with Crippen LogP contribution in [0.4, 0.5) is 5.69 Å². The molecule has 2 aromatic rings. The molecule has 0 fully saturated rings. The van der Waals surface area contributed by atoms with Crippen molar-refractivity contribution in [2.75, 3.05) is 5.73 Å². The number of Topliss-reactive ketones (excluding diaryl/α,β-unsaturated/α-hetero) is 1. The van der Waals surface area contributed by atoms with Crippen LogP contribution in [0.2, 0.25) is 5.02 Å². The monoisotopic (exact) mass is 371 g/mol. The van der Waals surface area contributed by atoms with E-state index in [1.165, 1.54) is 0 Å². The fourth-order valence-corrected chi connectivity index (χ4v) is 2.08. The van der Waals surface area contributed by atoms with Crippen LogP contribution in [-0.4, -0.2) is 5.78 Å². The first-order valence-electron chi connectivity index (χ1n) is 5.39. The molecule has 0 atom stereocenters. The Morgan fingerprint density at radius 2 is 1.83 bits per heavy atom. The van der Waals surface area contributed by atoms with E-state index in [1.54, 1.807) is 18.2 Å². The largest absolute Gasteiger partial charge is 0.398 e. The summed E-state index contributed by atoms with van der Waals surface area (Å²) in [6, 6.07) is 12.9. The van der Waals surface area contributed by atoms with Crippen molar-refractivity contribution in [2.24, 2.45) is 0 Å². The molecule has 0 saturated carbocycles. The lowest BCUT2D eigenvalue weighted by molar-refractivity contribution is 0.0993. The van der Waals surface area contributed by atoms with Gasteiger partial charge in [-0.25, -0.2) is 0 Å². The van der Waals surface area contributed by atoms with E-state index >= 15 is 0 Å². The zero-order valence-corrected chi connectivity index (χ0v) is 12.4. The molecule has 0 aliphatic carbocycles. The maximum Gasteiger partial charge on any atom is 0.167 e. The van der Waals surface area contributed by atoms with E-state index in [2.05, 4.69) is 22.6 Å². The molecule has 0 unspecified atom stereocenters. The molecule has 92 valence electrons. The number of hydrogen-bond acceptors (Lipinski definition) is 2. The average molecular weight is 372 g/mol. The zero-order valence-electron chi connectivity index (χ0n) is 9.49. The molecule has 18 heavy (non-hydrogen) atoms. The SMILES string of the molecule is Nc1cc(C(=O)Cc2ccc(I)cc2)ccc1Cl. The van der Waals surface area contributed by atoms with Crippen LogP contribution in [0.25, 0.3) is 0 Å². The van der Waals surface area contributed by atoms with E-state index < -0.39 is 0 Å². The Balaban J connectivity index is 2.16. The first kappa shape index (κ1) is 13.4. The van der Waals surface area contributed by atoms with Crippen LogP contribution in [0.3, 0.4) is 0 Å². The summed E-state index contributed by atoms with van der Waals surface area (Å²) in [7, 11) is 0. The normalized spacial score (nSPS) is 10.3. The van der Waals surface area contributed by atoms with Crippen LogP contribution in [0.15, 0.2) is 42.5 Å². The number of nitrogen functional groups attached to an aromatic ring is 1. The van der Waals surface area contributed by atoms with Gasteiger partial charge in [-0.05, 0) is 58.5 Å². The van der Waals surface area contributed by atoms with E-state index in [1.807, 2.05) is 24.3 Å². The summed E-state index contributed by atoms with van der Waals surface area (Å²) in [4.78, 5) is 12.1. The average Bonchev–Trinajstić information content (AvgIpc) is 2.35. The van der Waals surface area contributed by atoms with E-state index in [0.717, 1.165) is 9.13 Å². The number of ketones is 1. The van der Waals surface area contributed by atoms with Crippen molar-refractivity contribution in [3.63, 3.8) is 0 Å². The summed E-state index contributed by atoms with van der Waals surface area (Å²) in [5.74, 6) is 0.0413. The number of nitrogens with two attached hydrogens (primary N) is 1. The number of anilines is 1. The van der Waals surface area contributed by atoms with Crippen LogP contribution < -0.4 is 5.73 Å². The number of carbonyl (C=O) groups is 1. The molecule has 0 heterocycles. The Kier molecular flexibility index (Phi) is 4.24. The smallest absolute Gasteiger partial charge is 0.167 e. The lowest BCUT2D eigenvalue weighted by Gasteiger charge is -2.04. The highest BCUT2D eigenvalue weighted by molar-refractivity contribution is 14.1. The molecule has 4 heteroatoms. The number of rotatable bonds is 3. The molecule has 0 amide bonds. The lowest BCUT2D eigenvalue weighted by Crippen LogP contribution is -2.04. The van der Waals surface area contributed by atoms with Gasteiger partial charge in [0.2, 0.25) is 0 Å². The molecule has 2 aromatic carbocycles.